The Morgan fingerprint density at radius 1 is 0.886 bits per heavy atom. The second kappa shape index (κ2) is 9.66. The molecule has 1 rings (SSSR count). The molecular weight excluding hydrogens is 456 g/mol. The monoisotopic (exact) mass is 498 g/mol. The number of hydrogen-bond donors (Lipinski definition) is 0. The van der Waals surface area contributed by atoms with Gasteiger partial charge in [0.05, 0.1) is 11.4 Å². The lowest BCUT2D eigenvalue weighted by Crippen LogP contribution is -2.68. The molecule has 1 atom stereocenters. The number of carbonyl (C=O) groups excluding carboxylic acids is 3. The first-order valence-electron chi connectivity index (χ1n) is 11.5. The Kier molecular flexibility index (Phi) is 8.33. The van der Waals surface area contributed by atoms with Gasteiger partial charge in [-0.05, 0) is 69.2 Å². The normalized spacial score (nSPS) is 19.8. The van der Waals surface area contributed by atoms with Gasteiger partial charge in [0.1, 0.15) is 16.8 Å². The standard InChI is InChI=1S/C24H42N4O7/c1-15(26-35-23(11,12)13)24(16(20(2,3)4)25-27(14)17(24)29)28(18(30)32-21(5,6)7)34-19(31)33-22(8,9)10/h1-14H3. The highest BCUT2D eigenvalue weighted by molar-refractivity contribution is 6.35. The lowest BCUT2D eigenvalue weighted by molar-refractivity contribution is -0.170. The van der Waals surface area contributed by atoms with E-state index in [1.165, 1.54) is 14.0 Å². The van der Waals surface area contributed by atoms with Crippen LogP contribution in [-0.4, -0.2) is 69.0 Å². The van der Waals surface area contributed by atoms with Gasteiger partial charge in [0, 0.05) is 12.5 Å². The Hall–Kier alpha value is -2.85. The largest absolute Gasteiger partial charge is 0.534 e. The molecule has 0 aromatic rings. The van der Waals surface area contributed by atoms with Crippen LogP contribution in [0.1, 0.15) is 90.0 Å². The van der Waals surface area contributed by atoms with Crippen LogP contribution in [0.5, 0.6) is 0 Å². The average Bonchev–Trinajstić information content (AvgIpc) is 2.86. The summed E-state index contributed by atoms with van der Waals surface area (Å²) in [5, 5.41) is 10.2. The zero-order valence-electron chi connectivity index (χ0n) is 23.6. The molecule has 1 aliphatic heterocycles. The number of rotatable bonds is 3. The van der Waals surface area contributed by atoms with Crippen LogP contribution in [-0.2, 0) is 23.9 Å². The molecular formula is C24H42N4O7. The second-order valence-electron chi connectivity index (χ2n) is 12.4. The van der Waals surface area contributed by atoms with E-state index in [1.54, 1.807) is 62.3 Å². The number of ether oxygens (including phenoxy) is 2. The van der Waals surface area contributed by atoms with Crippen molar-refractivity contribution in [1.29, 1.82) is 0 Å². The third kappa shape index (κ3) is 7.57. The minimum Gasteiger partial charge on any atom is -0.442 e. The van der Waals surface area contributed by atoms with Crippen molar-refractivity contribution in [3.05, 3.63) is 0 Å². The molecule has 1 aliphatic rings. The van der Waals surface area contributed by atoms with E-state index in [-0.39, 0.29) is 11.4 Å². The fourth-order valence-corrected chi connectivity index (χ4v) is 3.11. The van der Waals surface area contributed by atoms with Crippen LogP contribution in [0.2, 0.25) is 0 Å². The van der Waals surface area contributed by atoms with Crippen molar-refractivity contribution in [2.75, 3.05) is 7.05 Å². The van der Waals surface area contributed by atoms with Gasteiger partial charge < -0.3 is 14.3 Å². The topological polar surface area (TPSA) is 119 Å². The molecule has 1 unspecified atom stereocenters. The first-order chi connectivity index (χ1) is 15.4. The van der Waals surface area contributed by atoms with Crippen molar-refractivity contribution in [2.24, 2.45) is 15.7 Å². The summed E-state index contributed by atoms with van der Waals surface area (Å²) in [4.78, 5) is 51.2. The number of likely N-dealkylation sites (N-methyl/N-ethyl adjacent to an activating group) is 1. The summed E-state index contributed by atoms with van der Waals surface area (Å²) in [7, 11) is 1.44. The zero-order valence-corrected chi connectivity index (χ0v) is 23.6. The van der Waals surface area contributed by atoms with Crippen LogP contribution in [0.4, 0.5) is 9.59 Å². The summed E-state index contributed by atoms with van der Waals surface area (Å²) in [6, 6.07) is 0. The number of oxime groups is 1. The molecule has 0 aliphatic carbocycles. The van der Waals surface area contributed by atoms with E-state index < -0.39 is 45.9 Å². The Morgan fingerprint density at radius 2 is 1.37 bits per heavy atom. The Morgan fingerprint density at radius 3 is 1.77 bits per heavy atom. The predicted octanol–water partition coefficient (Wildman–Crippen LogP) is 4.89. The Labute approximate surface area is 208 Å². The predicted molar refractivity (Wildman–Crippen MR) is 132 cm³/mol. The lowest BCUT2D eigenvalue weighted by atomic mass is 9.74. The number of amides is 2. The maximum Gasteiger partial charge on any atom is 0.534 e. The molecule has 0 N–H and O–H groups in total. The minimum absolute atomic E-state index is 0.0184. The molecule has 0 aromatic heterocycles. The van der Waals surface area contributed by atoms with Gasteiger partial charge in [-0.25, -0.2) is 14.6 Å². The number of hydrazone groups is 1. The minimum atomic E-state index is -2.09. The van der Waals surface area contributed by atoms with Gasteiger partial charge in [0.15, 0.2) is 0 Å². The molecule has 0 bridgehead atoms. The van der Waals surface area contributed by atoms with Crippen molar-refractivity contribution < 1.29 is 33.5 Å². The third-order valence-corrected chi connectivity index (χ3v) is 4.31. The van der Waals surface area contributed by atoms with E-state index in [0.29, 0.717) is 5.06 Å². The third-order valence-electron chi connectivity index (χ3n) is 4.31. The summed E-state index contributed by atoms with van der Waals surface area (Å²) in [5.41, 5.74) is -5.27. The van der Waals surface area contributed by atoms with Gasteiger partial charge in [-0.3, -0.25) is 9.63 Å². The summed E-state index contributed by atoms with van der Waals surface area (Å²) in [6.45, 7) is 22.1. The Balaban J connectivity index is 3.93. The highest BCUT2D eigenvalue weighted by Gasteiger charge is 2.65. The van der Waals surface area contributed by atoms with E-state index in [4.69, 9.17) is 19.1 Å². The highest BCUT2D eigenvalue weighted by Crippen LogP contribution is 2.38. The van der Waals surface area contributed by atoms with Gasteiger partial charge >= 0.3 is 12.2 Å². The van der Waals surface area contributed by atoms with Crippen molar-refractivity contribution in [3.63, 3.8) is 0 Å². The van der Waals surface area contributed by atoms with E-state index >= 15 is 0 Å². The van der Waals surface area contributed by atoms with Crippen molar-refractivity contribution in [2.45, 2.75) is 112 Å². The molecule has 0 radical (unpaired) electrons. The van der Waals surface area contributed by atoms with E-state index in [1.807, 2.05) is 20.8 Å². The van der Waals surface area contributed by atoms with E-state index in [0.717, 1.165) is 5.01 Å². The molecule has 2 amide bonds. The molecule has 35 heavy (non-hydrogen) atoms. The van der Waals surface area contributed by atoms with Gasteiger partial charge in [0.25, 0.3) is 5.91 Å². The van der Waals surface area contributed by atoms with Crippen LogP contribution >= 0.6 is 0 Å². The van der Waals surface area contributed by atoms with Gasteiger partial charge in [0.2, 0.25) is 5.54 Å². The molecule has 11 heteroatoms. The fraction of sp³-hybridized carbons (Fsp3) is 0.792. The van der Waals surface area contributed by atoms with Crippen molar-refractivity contribution in [1.82, 2.24) is 10.1 Å². The van der Waals surface area contributed by atoms with Crippen molar-refractivity contribution >= 4 is 29.6 Å². The maximum absolute atomic E-state index is 13.8. The molecule has 200 valence electrons. The Bertz CT molecular complexity index is 899. The SMILES string of the molecule is CC(=NOC(C)(C)C)C1(N(OC(=O)OC(C)(C)C)C(=O)OC(C)(C)C)C(=O)N(C)N=C1C(C)(C)C. The van der Waals surface area contributed by atoms with E-state index in [2.05, 4.69) is 10.3 Å². The van der Waals surface area contributed by atoms with Crippen LogP contribution < -0.4 is 0 Å². The molecule has 0 saturated heterocycles. The molecule has 11 nitrogen and oxygen atoms in total. The smallest absolute Gasteiger partial charge is 0.442 e. The number of nitrogens with zero attached hydrogens (tertiary/aromatic N) is 4. The van der Waals surface area contributed by atoms with E-state index in [9.17, 15) is 14.4 Å². The van der Waals surface area contributed by atoms with Crippen LogP contribution in [0.15, 0.2) is 10.3 Å². The second-order valence-corrected chi connectivity index (χ2v) is 12.4. The van der Waals surface area contributed by atoms with Crippen LogP contribution in [0.3, 0.4) is 0 Å². The zero-order chi connectivity index (χ0) is 27.8. The molecule has 1 heterocycles. The number of hydroxylamine groups is 2. The quantitative estimate of drug-likeness (QED) is 0.308. The van der Waals surface area contributed by atoms with Crippen LogP contribution in [0.25, 0.3) is 0 Å². The summed E-state index contributed by atoms with van der Waals surface area (Å²) in [6.07, 6.45) is -2.31. The lowest BCUT2D eigenvalue weighted by Gasteiger charge is -2.40. The summed E-state index contributed by atoms with van der Waals surface area (Å²) >= 11 is 0. The van der Waals surface area contributed by atoms with Gasteiger partial charge in [-0.2, -0.15) is 5.10 Å². The van der Waals surface area contributed by atoms with Gasteiger partial charge in [-0.15, -0.1) is 5.06 Å². The highest BCUT2D eigenvalue weighted by atomic mass is 16.8. The maximum atomic E-state index is 13.8. The number of hydrogen-bond acceptors (Lipinski definition) is 9. The molecule has 0 aromatic carbocycles. The summed E-state index contributed by atoms with van der Waals surface area (Å²) in [5.74, 6) is -0.685. The molecule has 0 fully saturated rings. The van der Waals surface area contributed by atoms with Crippen LogP contribution in [0, 0.1) is 5.41 Å². The summed E-state index contributed by atoms with van der Waals surface area (Å²) < 4.78 is 10.8. The van der Waals surface area contributed by atoms with Crippen molar-refractivity contribution in [3.8, 4) is 0 Å². The average molecular weight is 499 g/mol. The number of carbonyl (C=O) groups is 3. The first kappa shape index (κ1) is 30.2. The van der Waals surface area contributed by atoms with Gasteiger partial charge in [-0.1, -0.05) is 25.9 Å². The molecule has 0 saturated carbocycles. The first-order valence-corrected chi connectivity index (χ1v) is 11.5. The fourth-order valence-electron chi connectivity index (χ4n) is 3.11. The molecule has 0 spiro atoms.